The average Bonchev–Trinajstić information content (AvgIpc) is 2.72. The van der Waals surface area contributed by atoms with E-state index in [9.17, 15) is 18.0 Å². The number of amides is 1. The molecule has 3 rings (SSSR count). The summed E-state index contributed by atoms with van der Waals surface area (Å²) in [5, 5.41) is 2.52. The topological polar surface area (TPSA) is 47.6 Å². The predicted octanol–water partition coefficient (Wildman–Crippen LogP) is 6.55. The lowest BCUT2D eigenvalue weighted by molar-refractivity contribution is -0.137. The van der Waals surface area contributed by atoms with Gasteiger partial charge in [0.2, 0.25) is 0 Å². The number of halogens is 3. The summed E-state index contributed by atoms with van der Waals surface area (Å²) in [6.45, 7) is 6.41. The minimum absolute atomic E-state index is 0.0618. The Bertz CT molecular complexity index is 1090. The highest BCUT2D eigenvalue weighted by Crippen LogP contribution is 2.31. The maximum absolute atomic E-state index is 12.9. The Balaban J connectivity index is 1.80. The van der Waals surface area contributed by atoms with Crippen molar-refractivity contribution in [3.8, 4) is 11.5 Å². The molecule has 0 spiro atoms. The molecule has 1 amide bonds. The van der Waals surface area contributed by atoms with E-state index in [-0.39, 0.29) is 17.9 Å². The number of anilines is 1. The number of alkyl halides is 3. The number of nitrogens with one attached hydrogen (secondary N) is 1. The van der Waals surface area contributed by atoms with Crippen molar-refractivity contribution >= 4 is 11.6 Å². The normalized spacial score (nSPS) is 11.2. The molecule has 0 saturated heterocycles. The lowest BCUT2D eigenvalue weighted by atomic mass is 10.1. The molecular weight excluding hydrogens is 419 g/mol. The van der Waals surface area contributed by atoms with Gasteiger partial charge in [0.15, 0.2) is 0 Å². The van der Waals surface area contributed by atoms with Crippen LogP contribution in [-0.2, 0) is 12.8 Å². The summed E-state index contributed by atoms with van der Waals surface area (Å²) in [6.07, 6.45) is -4.49. The third kappa shape index (κ3) is 6.03. The first-order chi connectivity index (χ1) is 15.2. The number of hydrogen-bond donors (Lipinski definition) is 1. The molecule has 0 aliphatic carbocycles. The molecule has 0 heterocycles. The Morgan fingerprint density at radius 1 is 0.938 bits per heavy atom. The summed E-state index contributed by atoms with van der Waals surface area (Å²) >= 11 is 0. The van der Waals surface area contributed by atoms with Crippen LogP contribution in [0.15, 0.2) is 60.7 Å². The van der Waals surface area contributed by atoms with Gasteiger partial charge in [-0.15, -0.1) is 0 Å². The number of carbonyl (C=O) groups excluding carboxylic acids is 1. The number of ether oxygens (including phenoxy) is 2. The molecule has 0 atom stereocenters. The molecule has 0 bridgehead atoms. The van der Waals surface area contributed by atoms with Gasteiger partial charge >= 0.3 is 6.18 Å². The first-order valence-corrected chi connectivity index (χ1v) is 10.1. The van der Waals surface area contributed by atoms with Gasteiger partial charge in [-0.1, -0.05) is 12.1 Å². The highest BCUT2D eigenvalue weighted by molar-refractivity contribution is 6.04. The molecule has 0 radical (unpaired) electrons. The molecule has 0 aliphatic rings. The van der Waals surface area contributed by atoms with E-state index >= 15 is 0 Å². The van der Waals surface area contributed by atoms with Gasteiger partial charge in [0.1, 0.15) is 18.1 Å². The third-order valence-electron chi connectivity index (χ3n) is 4.66. The number of hydrogen-bond acceptors (Lipinski definition) is 3. The van der Waals surface area contributed by atoms with Crippen LogP contribution in [-0.4, -0.2) is 12.5 Å². The van der Waals surface area contributed by atoms with E-state index in [2.05, 4.69) is 5.32 Å². The van der Waals surface area contributed by atoms with Crippen molar-refractivity contribution < 1.29 is 27.4 Å². The molecule has 0 aliphatic heterocycles. The van der Waals surface area contributed by atoms with Crippen LogP contribution in [0.2, 0.25) is 0 Å². The van der Waals surface area contributed by atoms with Crippen molar-refractivity contribution in [2.75, 3.05) is 11.9 Å². The summed E-state index contributed by atoms with van der Waals surface area (Å²) in [7, 11) is 0. The van der Waals surface area contributed by atoms with Crippen molar-refractivity contribution in [2.45, 2.75) is 33.6 Å². The zero-order valence-corrected chi connectivity index (χ0v) is 18.0. The van der Waals surface area contributed by atoms with Gasteiger partial charge in [-0.3, -0.25) is 4.79 Å². The van der Waals surface area contributed by atoms with Crippen LogP contribution >= 0.6 is 0 Å². The number of aryl methyl sites for hydroxylation is 2. The molecule has 3 aromatic carbocycles. The zero-order chi connectivity index (χ0) is 23.3. The van der Waals surface area contributed by atoms with E-state index < -0.39 is 17.6 Å². The number of benzene rings is 3. The van der Waals surface area contributed by atoms with E-state index in [4.69, 9.17) is 9.47 Å². The van der Waals surface area contributed by atoms with Crippen molar-refractivity contribution in [2.24, 2.45) is 0 Å². The summed E-state index contributed by atoms with van der Waals surface area (Å²) < 4.78 is 50.3. The summed E-state index contributed by atoms with van der Waals surface area (Å²) in [5.41, 5.74) is 2.31. The second-order valence-electron chi connectivity index (χ2n) is 7.40. The first kappa shape index (κ1) is 23.2. The molecule has 0 aromatic heterocycles. The SMILES string of the molecule is CCOc1ccc(C(=O)Nc2cccc(C(F)(F)F)c2)cc1COc1cc(C)cc(C)c1. The highest BCUT2D eigenvalue weighted by atomic mass is 19.4. The maximum Gasteiger partial charge on any atom is 0.416 e. The standard InChI is InChI=1S/C25H24F3NO3/c1-4-31-23-9-8-18(13-19(23)15-32-22-11-16(2)10-17(3)12-22)24(30)29-21-7-5-6-20(14-21)25(26,27)28/h5-14H,4,15H2,1-3H3,(H,29,30). The third-order valence-corrected chi connectivity index (χ3v) is 4.66. The van der Waals surface area contributed by atoms with E-state index in [0.29, 0.717) is 23.7 Å². The second kappa shape index (κ2) is 9.77. The van der Waals surface area contributed by atoms with Gasteiger partial charge in [-0.2, -0.15) is 13.2 Å². The molecule has 7 heteroatoms. The number of carbonyl (C=O) groups is 1. The predicted molar refractivity (Wildman–Crippen MR) is 117 cm³/mol. The van der Waals surface area contributed by atoms with Gasteiger partial charge in [0, 0.05) is 16.8 Å². The second-order valence-corrected chi connectivity index (χ2v) is 7.40. The van der Waals surface area contributed by atoms with Gasteiger partial charge in [0.05, 0.1) is 12.2 Å². The fourth-order valence-corrected chi connectivity index (χ4v) is 3.28. The molecule has 0 fully saturated rings. The minimum Gasteiger partial charge on any atom is -0.493 e. The van der Waals surface area contributed by atoms with Crippen molar-refractivity contribution in [3.63, 3.8) is 0 Å². The minimum atomic E-state index is -4.49. The molecule has 0 saturated carbocycles. The largest absolute Gasteiger partial charge is 0.493 e. The van der Waals surface area contributed by atoms with E-state index in [1.165, 1.54) is 12.1 Å². The van der Waals surface area contributed by atoms with Crippen LogP contribution in [0.4, 0.5) is 18.9 Å². The van der Waals surface area contributed by atoms with Gasteiger partial charge in [-0.25, -0.2) is 0 Å². The summed E-state index contributed by atoms with van der Waals surface area (Å²) in [4.78, 5) is 12.7. The highest BCUT2D eigenvalue weighted by Gasteiger charge is 2.30. The monoisotopic (exact) mass is 443 g/mol. The Morgan fingerprint density at radius 2 is 1.66 bits per heavy atom. The molecule has 168 valence electrons. The van der Waals surface area contributed by atoms with E-state index in [1.54, 1.807) is 18.2 Å². The quantitative estimate of drug-likeness (QED) is 0.450. The van der Waals surface area contributed by atoms with Gasteiger partial charge in [0.25, 0.3) is 5.91 Å². The Morgan fingerprint density at radius 3 is 2.31 bits per heavy atom. The van der Waals surface area contributed by atoms with Crippen LogP contribution in [0.1, 0.15) is 39.5 Å². The smallest absolute Gasteiger partial charge is 0.416 e. The van der Waals surface area contributed by atoms with E-state index in [0.717, 1.165) is 23.3 Å². The van der Waals surface area contributed by atoms with Crippen LogP contribution in [0, 0.1) is 13.8 Å². The molecule has 4 nitrogen and oxygen atoms in total. The maximum atomic E-state index is 12.9. The molecule has 0 unspecified atom stereocenters. The Hall–Kier alpha value is -3.48. The summed E-state index contributed by atoms with van der Waals surface area (Å²) in [6, 6.07) is 15.2. The van der Waals surface area contributed by atoms with Crippen LogP contribution in [0.3, 0.4) is 0 Å². The van der Waals surface area contributed by atoms with Crippen molar-refractivity contribution in [3.05, 3.63) is 88.5 Å². The molecule has 32 heavy (non-hydrogen) atoms. The van der Waals surface area contributed by atoms with Crippen LogP contribution < -0.4 is 14.8 Å². The van der Waals surface area contributed by atoms with Crippen LogP contribution in [0.25, 0.3) is 0 Å². The fourth-order valence-electron chi connectivity index (χ4n) is 3.28. The van der Waals surface area contributed by atoms with Crippen molar-refractivity contribution in [1.82, 2.24) is 0 Å². The fraction of sp³-hybridized carbons (Fsp3) is 0.240. The average molecular weight is 443 g/mol. The summed E-state index contributed by atoms with van der Waals surface area (Å²) in [5.74, 6) is 0.747. The van der Waals surface area contributed by atoms with E-state index in [1.807, 2.05) is 39.0 Å². The molecular formula is C25H24F3NO3. The van der Waals surface area contributed by atoms with Gasteiger partial charge < -0.3 is 14.8 Å². The lowest BCUT2D eigenvalue weighted by Gasteiger charge is -2.14. The Labute approximate surface area is 185 Å². The number of rotatable bonds is 7. The Kier molecular flexibility index (Phi) is 7.08. The molecule has 3 aromatic rings. The van der Waals surface area contributed by atoms with Crippen LogP contribution in [0.5, 0.6) is 11.5 Å². The first-order valence-electron chi connectivity index (χ1n) is 10.1. The zero-order valence-electron chi connectivity index (χ0n) is 18.0. The lowest BCUT2D eigenvalue weighted by Crippen LogP contribution is -2.14. The van der Waals surface area contributed by atoms with Gasteiger partial charge in [-0.05, 0) is 80.4 Å². The van der Waals surface area contributed by atoms with Crippen molar-refractivity contribution in [1.29, 1.82) is 0 Å². The molecule has 1 N–H and O–H groups in total.